The third-order valence-electron chi connectivity index (χ3n) is 4.14. The molecule has 0 amide bonds. The summed E-state index contributed by atoms with van der Waals surface area (Å²) in [4.78, 5) is 12.9. The third kappa shape index (κ3) is 2.68. The van der Waals surface area contributed by atoms with Gasteiger partial charge in [-0.05, 0) is 0 Å². The molecule has 0 aromatic carbocycles. The van der Waals surface area contributed by atoms with Crippen molar-refractivity contribution in [1.29, 1.82) is 0 Å². The maximum atomic E-state index is 12.9. The number of hydrogen-bond acceptors (Lipinski definition) is 2. The summed E-state index contributed by atoms with van der Waals surface area (Å²) in [5.41, 5.74) is 1.50. The van der Waals surface area contributed by atoms with Gasteiger partial charge in [-0.3, -0.25) is 0 Å². The van der Waals surface area contributed by atoms with Gasteiger partial charge >= 0.3 is 128 Å². The number of esters is 1. The molecule has 0 aliphatic heterocycles. The topological polar surface area (TPSA) is 26.3 Å². The summed E-state index contributed by atoms with van der Waals surface area (Å²) in [6.07, 6.45) is 0. The van der Waals surface area contributed by atoms with Gasteiger partial charge in [-0.15, -0.1) is 0 Å². The predicted molar refractivity (Wildman–Crippen MR) is 92.5 cm³/mol. The number of hydrogen-bond donors (Lipinski definition) is 0. The van der Waals surface area contributed by atoms with E-state index in [1.165, 1.54) is 9.98 Å². The van der Waals surface area contributed by atoms with Crippen molar-refractivity contribution in [2.45, 2.75) is 69.6 Å². The molecule has 0 spiro atoms. The zero-order valence-electron chi connectivity index (χ0n) is 15.0. The molecule has 0 radical (unpaired) electrons. The van der Waals surface area contributed by atoms with E-state index in [1.807, 2.05) is 6.92 Å². The molecule has 0 saturated heterocycles. The van der Waals surface area contributed by atoms with Crippen molar-refractivity contribution in [3.63, 3.8) is 0 Å². The summed E-state index contributed by atoms with van der Waals surface area (Å²) in [5.74, 6) is 7.26. The normalized spacial score (nSPS) is 23.9. The van der Waals surface area contributed by atoms with Crippen molar-refractivity contribution in [1.82, 2.24) is 0 Å². The monoisotopic (exact) mass is 358 g/mol. The van der Waals surface area contributed by atoms with E-state index in [1.54, 1.807) is 0 Å². The van der Waals surface area contributed by atoms with Gasteiger partial charge in [0.1, 0.15) is 0 Å². The molecule has 4 heteroatoms. The number of carbonyl (C=O) groups is 1. The van der Waals surface area contributed by atoms with Gasteiger partial charge in [0.2, 0.25) is 0 Å². The molecule has 1 atom stereocenters. The number of carbonyl (C=O) groups excluding carboxylic acids is 1. The van der Waals surface area contributed by atoms with Crippen LogP contribution in [0, 0.1) is 5.41 Å². The molecule has 0 saturated carbocycles. The second-order valence-electron chi connectivity index (χ2n) is 8.97. The van der Waals surface area contributed by atoms with Crippen molar-refractivity contribution >= 4 is 27.3 Å². The van der Waals surface area contributed by atoms with Crippen molar-refractivity contribution in [3.8, 4) is 0 Å². The number of ether oxygens (including phenoxy) is 1. The second-order valence-corrected chi connectivity index (χ2v) is 24.7. The summed E-state index contributed by atoms with van der Waals surface area (Å²) in [6, 6.07) is 0. The molecule has 116 valence electrons. The van der Waals surface area contributed by atoms with E-state index in [0.717, 1.165) is 0 Å². The van der Waals surface area contributed by atoms with Crippen LogP contribution in [0.25, 0.3) is 0 Å². The first kappa shape index (κ1) is 18.0. The van der Waals surface area contributed by atoms with E-state index >= 15 is 0 Å². The summed E-state index contributed by atoms with van der Waals surface area (Å²) >= 11 is -2.06. The third-order valence-corrected chi connectivity index (χ3v) is 12.1. The van der Waals surface area contributed by atoms with Crippen molar-refractivity contribution in [2.75, 3.05) is 6.61 Å². The molecule has 0 aromatic heterocycles. The summed E-state index contributed by atoms with van der Waals surface area (Å²) in [5, 5.41) is -0.306. The van der Waals surface area contributed by atoms with Gasteiger partial charge in [-0.1, -0.05) is 0 Å². The first-order chi connectivity index (χ1) is 8.72. The SMILES string of the molecule is CCOC(=O)C1([Si](C)(C)C)C(C(C)(C)C)=[C]1[Ge]([CH3])([CH3])[CH3]. The van der Waals surface area contributed by atoms with Crippen molar-refractivity contribution in [3.05, 3.63) is 9.98 Å². The molecule has 1 aliphatic carbocycles. The average Bonchev–Trinajstić information content (AvgIpc) is 2.86. The Labute approximate surface area is 128 Å². The fourth-order valence-electron chi connectivity index (χ4n) is 3.66. The van der Waals surface area contributed by atoms with E-state index in [2.05, 4.69) is 57.7 Å². The second kappa shape index (κ2) is 5.01. The summed E-state index contributed by atoms with van der Waals surface area (Å²) in [7, 11) is -1.72. The zero-order chi connectivity index (χ0) is 16.1. The minimum atomic E-state index is -2.06. The zero-order valence-corrected chi connectivity index (χ0v) is 18.1. The molecule has 20 heavy (non-hydrogen) atoms. The minimum absolute atomic E-state index is 0.0413. The summed E-state index contributed by atoms with van der Waals surface area (Å²) < 4.78 is 7.06. The molecular formula is C16H32GeO2Si. The van der Waals surface area contributed by atoms with Crippen LogP contribution in [-0.2, 0) is 9.53 Å². The fourth-order valence-corrected chi connectivity index (χ4v) is 16.4. The molecule has 1 unspecified atom stereocenters. The van der Waals surface area contributed by atoms with E-state index in [4.69, 9.17) is 4.74 Å². The van der Waals surface area contributed by atoms with E-state index in [0.29, 0.717) is 6.61 Å². The molecule has 0 bridgehead atoms. The fraction of sp³-hybridized carbons (Fsp3) is 0.812. The van der Waals surface area contributed by atoms with Crippen LogP contribution in [0.5, 0.6) is 0 Å². The standard InChI is InChI=1S/C16H32GeO2Si/c1-11-19-14(18)16(20(8,9)10)12(15(2,3)4)13(16)17(5,6)7/h11H2,1-10H3. The van der Waals surface area contributed by atoms with E-state index < -0.39 is 21.3 Å². The first-order valence-corrected chi connectivity index (χ1v) is 18.5. The Morgan fingerprint density at radius 1 is 1.20 bits per heavy atom. The van der Waals surface area contributed by atoms with Crippen molar-refractivity contribution < 1.29 is 9.53 Å². The maximum absolute atomic E-state index is 12.9. The molecule has 0 heterocycles. The molecule has 0 fully saturated rings. The van der Waals surface area contributed by atoms with Crippen molar-refractivity contribution in [2.24, 2.45) is 5.41 Å². The Balaban J connectivity index is 3.48. The van der Waals surface area contributed by atoms with Gasteiger partial charge in [-0.25, -0.2) is 0 Å². The molecular weight excluding hydrogens is 325 g/mol. The Kier molecular flexibility index (Phi) is 4.51. The molecule has 1 rings (SSSR count). The Morgan fingerprint density at radius 2 is 1.65 bits per heavy atom. The van der Waals surface area contributed by atoms with E-state index in [9.17, 15) is 4.79 Å². The van der Waals surface area contributed by atoms with Gasteiger partial charge in [-0.2, -0.15) is 0 Å². The summed E-state index contributed by atoms with van der Waals surface area (Å²) in [6.45, 7) is 16.1. The molecule has 0 N–H and O–H groups in total. The first-order valence-electron chi connectivity index (χ1n) is 7.65. The van der Waals surface area contributed by atoms with Crippen LogP contribution in [0.15, 0.2) is 9.98 Å². The Bertz CT molecular complexity index is 421. The predicted octanol–water partition coefficient (Wildman–Crippen LogP) is 4.86. The van der Waals surface area contributed by atoms with Gasteiger partial charge in [0.15, 0.2) is 0 Å². The van der Waals surface area contributed by atoms with Gasteiger partial charge < -0.3 is 0 Å². The van der Waals surface area contributed by atoms with Gasteiger partial charge in [0, 0.05) is 0 Å². The average molecular weight is 357 g/mol. The molecule has 0 aromatic rings. The number of rotatable bonds is 4. The van der Waals surface area contributed by atoms with Crippen LogP contribution in [0.2, 0.25) is 41.9 Å². The van der Waals surface area contributed by atoms with Crippen LogP contribution in [-0.4, -0.2) is 33.9 Å². The Hall–Kier alpha value is -0.0303. The van der Waals surface area contributed by atoms with Crippen LogP contribution in [0.1, 0.15) is 27.7 Å². The van der Waals surface area contributed by atoms with Gasteiger partial charge in [0.05, 0.1) is 0 Å². The van der Waals surface area contributed by atoms with Gasteiger partial charge in [0.25, 0.3) is 0 Å². The van der Waals surface area contributed by atoms with E-state index in [-0.39, 0.29) is 16.4 Å². The van der Waals surface area contributed by atoms with Crippen LogP contribution in [0.3, 0.4) is 0 Å². The molecule has 2 nitrogen and oxygen atoms in total. The quantitative estimate of drug-likeness (QED) is 0.531. The van der Waals surface area contributed by atoms with Crippen LogP contribution < -0.4 is 0 Å². The Morgan fingerprint density at radius 3 is 1.85 bits per heavy atom. The van der Waals surface area contributed by atoms with Crippen LogP contribution in [0.4, 0.5) is 0 Å². The molecule has 1 aliphatic rings. The van der Waals surface area contributed by atoms with Crippen LogP contribution >= 0.6 is 0 Å².